The molecule has 0 saturated heterocycles. The maximum atomic E-state index is 4.68. The minimum absolute atomic E-state index is 0.599. The fraction of sp³-hybridized carbons (Fsp3) is 0.526. The zero-order valence-corrected chi connectivity index (χ0v) is 17.3. The molecule has 0 aromatic carbocycles. The van der Waals surface area contributed by atoms with Crippen molar-refractivity contribution in [3.8, 4) is 0 Å². The van der Waals surface area contributed by atoms with Gasteiger partial charge in [-0.25, -0.2) is 15.0 Å². The normalized spacial score (nSPS) is 11.5. The summed E-state index contributed by atoms with van der Waals surface area (Å²) in [6, 6.07) is 4.17. The first-order valence-electron chi connectivity index (χ1n) is 9.22. The van der Waals surface area contributed by atoms with E-state index in [0.29, 0.717) is 6.54 Å². The van der Waals surface area contributed by atoms with Gasteiger partial charge in [-0.05, 0) is 46.2 Å². The molecular formula is C19H30N6S. The van der Waals surface area contributed by atoms with E-state index >= 15 is 0 Å². The molecule has 0 unspecified atom stereocenters. The van der Waals surface area contributed by atoms with Crippen LogP contribution in [0, 0.1) is 13.8 Å². The van der Waals surface area contributed by atoms with Crippen molar-refractivity contribution in [2.24, 2.45) is 4.99 Å². The lowest BCUT2D eigenvalue weighted by atomic mass is 10.3. The van der Waals surface area contributed by atoms with Crippen LogP contribution in [0.1, 0.15) is 41.9 Å². The van der Waals surface area contributed by atoms with E-state index in [4.69, 9.17) is 0 Å². The second kappa shape index (κ2) is 10.1. The Morgan fingerprint density at radius 1 is 1.15 bits per heavy atom. The number of aromatic nitrogens is 2. The molecule has 0 saturated carbocycles. The second-order valence-electron chi connectivity index (χ2n) is 5.99. The van der Waals surface area contributed by atoms with Gasteiger partial charge in [-0.2, -0.15) is 0 Å². The third-order valence-corrected chi connectivity index (χ3v) is 5.15. The Labute approximate surface area is 160 Å². The smallest absolute Gasteiger partial charge is 0.191 e. The van der Waals surface area contributed by atoms with Crippen molar-refractivity contribution in [2.45, 2.75) is 47.7 Å². The molecule has 2 heterocycles. The van der Waals surface area contributed by atoms with Crippen LogP contribution >= 0.6 is 11.3 Å². The fourth-order valence-electron chi connectivity index (χ4n) is 2.66. The first kappa shape index (κ1) is 20.2. The lowest BCUT2D eigenvalue weighted by molar-refractivity contribution is 0.816. The summed E-state index contributed by atoms with van der Waals surface area (Å²) < 4.78 is 0. The van der Waals surface area contributed by atoms with Crippen LogP contribution in [-0.2, 0) is 13.1 Å². The zero-order valence-electron chi connectivity index (χ0n) is 16.5. The maximum absolute atomic E-state index is 4.68. The molecule has 0 aliphatic rings. The summed E-state index contributed by atoms with van der Waals surface area (Å²) in [7, 11) is 0. The van der Waals surface area contributed by atoms with Crippen LogP contribution in [0.2, 0.25) is 0 Å². The predicted octanol–water partition coefficient (Wildman–Crippen LogP) is 3.26. The molecule has 2 aromatic rings. The van der Waals surface area contributed by atoms with E-state index in [0.717, 1.165) is 54.2 Å². The van der Waals surface area contributed by atoms with Crippen molar-refractivity contribution in [1.29, 1.82) is 0 Å². The number of anilines is 1. The van der Waals surface area contributed by atoms with Gasteiger partial charge in [0.1, 0.15) is 5.82 Å². The van der Waals surface area contributed by atoms with E-state index in [1.54, 1.807) is 11.3 Å². The van der Waals surface area contributed by atoms with Crippen molar-refractivity contribution in [3.63, 3.8) is 0 Å². The number of hydrogen-bond acceptors (Lipinski definition) is 5. The van der Waals surface area contributed by atoms with Crippen LogP contribution in [0.3, 0.4) is 0 Å². The zero-order chi connectivity index (χ0) is 18.9. The Bertz CT molecular complexity index is 703. The first-order chi connectivity index (χ1) is 12.6. The Kier molecular flexibility index (Phi) is 7.84. The molecule has 0 aliphatic heterocycles. The average molecular weight is 375 g/mol. The third kappa shape index (κ3) is 5.69. The van der Waals surface area contributed by atoms with Crippen molar-refractivity contribution in [3.05, 3.63) is 39.5 Å². The summed E-state index contributed by atoms with van der Waals surface area (Å²) in [6.07, 6.45) is 1.91. The highest BCUT2D eigenvalue weighted by atomic mass is 32.1. The van der Waals surface area contributed by atoms with E-state index < -0.39 is 0 Å². The van der Waals surface area contributed by atoms with Gasteiger partial charge in [0.25, 0.3) is 0 Å². The number of aryl methyl sites for hydroxylation is 2. The quantitative estimate of drug-likeness (QED) is 0.548. The van der Waals surface area contributed by atoms with E-state index in [-0.39, 0.29) is 0 Å². The molecule has 6 nitrogen and oxygen atoms in total. The number of hydrogen-bond donors (Lipinski definition) is 2. The molecule has 2 rings (SSSR count). The summed E-state index contributed by atoms with van der Waals surface area (Å²) in [6.45, 7) is 14.5. The Morgan fingerprint density at radius 2 is 1.92 bits per heavy atom. The largest absolute Gasteiger partial charge is 0.357 e. The molecule has 2 aromatic heterocycles. The molecular weight excluding hydrogens is 344 g/mol. The van der Waals surface area contributed by atoms with Crippen LogP contribution in [0.25, 0.3) is 0 Å². The van der Waals surface area contributed by atoms with Crippen LogP contribution in [0.5, 0.6) is 0 Å². The number of rotatable bonds is 8. The number of nitrogens with zero attached hydrogens (tertiary/aromatic N) is 4. The molecule has 0 atom stereocenters. The van der Waals surface area contributed by atoms with Crippen LogP contribution in [0.15, 0.2) is 23.3 Å². The number of guanidine groups is 1. The number of nitrogens with one attached hydrogen (secondary N) is 2. The minimum Gasteiger partial charge on any atom is -0.357 e. The van der Waals surface area contributed by atoms with E-state index in [1.165, 1.54) is 4.88 Å². The van der Waals surface area contributed by atoms with Crippen LogP contribution in [0.4, 0.5) is 5.82 Å². The van der Waals surface area contributed by atoms with Crippen molar-refractivity contribution < 1.29 is 0 Å². The topological polar surface area (TPSA) is 65.4 Å². The van der Waals surface area contributed by atoms with Crippen molar-refractivity contribution >= 4 is 23.1 Å². The molecule has 0 aliphatic carbocycles. The monoisotopic (exact) mass is 374 g/mol. The van der Waals surface area contributed by atoms with Gasteiger partial charge in [-0.15, -0.1) is 11.3 Å². The summed E-state index contributed by atoms with van der Waals surface area (Å²) in [5, 5.41) is 7.78. The summed E-state index contributed by atoms with van der Waals surface area (Å²) >= 11 is 1.73. The Morgan fingerprint density at radius 3 is 2.46 bits per heavy atom. The molecule has 142 valence electrons. The van der Waals surface area contributed by atoms with Crippen molar-refractivity contribution in [1.82, 2.24) is 20.6 Å². The highest BCUT2D eigenvalue weighted by molar-refractivity contribution is 7.11. The Balaban J connectivity index is 1.98. The molecule has 2 N–H and O–H groups in total. The fourth-order valence-corrected chi connectivity index (χ4v) is 3.54. The van der Waals surface area contributed by atoms with Crippen LogP contribution < -0.4 is 15.5 Å². The van der Waals surface area contributed by atoms with Crippen molar-refractivity contribution in [2.75, 3.05) is 24.5 Å². The molecule has 26 heavy (non-hydrogen) atoms. The van der Waals surface area contributed by atoms with Gasteiger partial charge in [0.2, 0.25) is 0 Å². The SMILES string of the molecule is CCNC(=NCc1ccc(N(CC)CC)nc1)NCc1sc(C)nc1C. The van der Waals surface area contributed by atoms with Crippen LogP contribution in [-0.4, -0.2) is 35.6 Å². The molecule has 0 spiro atoms. The first-order valence-corrected chi connectivity index (χ1v) is 10.0. The second-order valence-corrected chi connectivity index (χ2v) is 7.27. The van der Waals surface area contributed by atoms with E-state index in [2.05, 4.69) is 63.4 Å². The van der Waals surface area contributed by atoms with E-state index in [9.17, 15) is 0 Å². The summed E-state index contributed by atoms with van der Waals surface area (Å²) in [4.78, 5) is 17.2. The Hall–Kier alpha value is -2.15. The number of aliphatic imine (C=N–C) groups is 1. The van der Waals surface area contributed by atoms with E-state index in [1.807, 2.05) is 20.0 Å². The van der Waals surface area contributed by atoms with Gasteiger partial charge < -0.3 is 15.5 Å². The molecule has 0 amide bonds. The predicted molar refractivity (Wildman–Crippen MR) is 111 cm³/mol. The van der Waals surface area contributed by atoms with Gasteiger partial charge >= 0.3 is 0 Å². The standard InChI is InChI=1S/C19H30N6S/c1-6-20-19(23-13-17-14(4)24-15(5)26-17)22-12-16-9-10-18(21-11-16)25(7-2)8-3/h9-11H,6-8,12-13H2,1-5H3,(H2,20,22,23). The lowest BCUT2D eigenvalue weighted by Crippen LogP contribution is -2.36. The third-order valence-electron chi connectivity index (χ3n) is 4.08. The minimum atomic E-state index is 0.599. The molecule has 0 bridgehead atoms. The van der Waals surface area contributed by atoms with Gasteiger partial charge in [0.15, 0.2) is 5.96 Å². The van der Waals surface area contributed by atoms with Gasteiger partial charge in [0.05, 0.1) is 23.8 Å². The highest BCUT2D eigenvalue weighted by Gasteiger charge is 2.06. The highest BCUT2D eigenvalue weighted by Crippen LogP contribution is 2.16. The summed E-state index contributed by atoms with van der Waals surface area (Å²) in [5.74, 6) is 1.83. The van der Waals surface area contributed by atoms with Gasteiger partial charge in [-0.3, -0.25) is 0 Å². The average Bonchev–Trinajstić information content (AvgIpc) is 2.97. The number of pyridine rings is 1. The number of thiazole rings is 1. The summed E-state index contributed by atoms with van der Waals surface area (Å²) in [5.41, 5.74) is 2.19. The lowest BCUT2D eigenvalue weighted by Gasteiger charge is -2.19. The molecule has 0 radical (unpaired) electrons. The molecule has 0 fully saturated rings. The van der Waals surface area contributed by atoms with Gasteiger partial charge in [-0.1, -0.05) is 6.07 Å². The molecule has 7 heteroatoms. The maximum Gasteiger partial charge on any atom is 0.191 e. The van der Waals surface area contributed by atoms with Gasteiger partial charge in [0, 0.05) is 30.7 Å².